The van der Waals surface area contributed by atoms with Gasteiger partial charge in [0, 0.05) is 0 Å². The van der Waals surface area contributed by atoms with Crippen LogP contribution in [0.25, 0.3) is 0 Å². The molecule has 8 fully saturated rings. The van der Waals surface area contributed by atoms with Gasteiger partial charge in [-0.05, 0) is 125 Å². The Bertz CT molecular complexity index is 808. The molecule has 8 aliphatic carbocycles. The zero-order valence-electron chi connectivity index (χ0n) is 18.8. The molecule has 170 valence electrons. The van der Waals surface area contributed by atoms with E-state index in [1.807, 2.05) is 0 Å². The van der Waals surface area contributed by atoms with E-state index in [2.05, 4.69) is 20.8 Å². The van der Waals surface area contributed by atoms with Crippen molar-refractivity contribution < 1.29 is 9.59 Å². The molecular formula is C26H34N4O2. The summed E-state index contributed by atoms with van der Waals surface area (Å²) in [6.45, 7) is 0. The van der Waals surface area contributed by atoms with E-state index in [0.717, 1.165) is 74.0 Å². The van der Waals surface area contributed by atoms with Crippen molar-refractivity contribution in [2.75, 3.05) is 10.6 Å². The molecule has 0 aliphatic heterocycles. The second-order valence-electron chi connectivity index (χ2n) is 12.6. The van der Waals surface area contributed by atoms with E-state index < -0.39 is 0 Å². The SMILES string of the molecule is O=C(Nc1ccc(NC(=O)C23CC4CC(CC(C4)C2)C3)nn1)C12CC3CC(CC(C3)C1)C2. The van der Waals surface area contributed by atoms with Crippen LogP contribution in [0.5, 0.6) is 0 Å². The zero-order chi connectivity index (χ0) is 21.5. The molecule has 1 aromatic heterocycles. The van der Waals surface area contributed by atoms with Gasteiger partial charge in [0.15, 0.2) is 11.6 Å². The largest absolute Gasteiger partial charge is 0.309 e. The first-order valence-corrected chi connectivity index (χ1v) is 12.9. The average Bonchev–Trinajstić information content (AvgIpc) is 2.73. The van der Waals surface area contributed by atoms with Gasteiger partial charge in [0.2, 0.25) is 11.8 Å². The highest BCUT2D eigenvalue weighted by molar-refractivity contribution is 5.96. The first-order chi connectivity index (χ1) is 15.5. The third-order valence-corrected chi connectivity index (χ3v) is 10.2. The third-order valence-electron chi connectivity index (χ3n) is 10.2. The fourth-order valence-corrected chi connectivity index (χ4v) is 9.74. The van der Waals surface area contributed by atoms with Gasteiger partial charge in [-0.15, -0.1) is 10.2 Å². The Morgan fingerprint density at radius 2 is 0.875 bits per heavy atom. The van der Waals surface area contributed by atoms with Gasteiger partial charge in [-0.1, -0.05) is 0 Å². The molecule has 8 bridgehead atoms. The van der Waals surface area contributed by atoms with Crippen LogP contribution in [-0.2, 0) is 9.59 Å². The van der Waals surface area contributed by atoms with E-state index >= 15 is 0 Å². The highest BCUT2D eigenvalue weighted by Crippen LogP contribution is 2.61. The van der Waals surface area contributed by atoms with Crippen molar-refractivity contribution >= 4 is 23.5 Å². The molecule has 1 aromatic rings. The lowest BCUT2D eigenvalue weighted by Gasteiger charge is -2.55. The average molecular weight is 435 g/mol. The summed E-state index contributed by atoms with van der Waals surface area (Å²) in [7, 11) is 0. The van der Waals surface area contributed by atoms with Crippen LogP contribution >= 0.6 is 0 Å². The maximum Gasteiger partial charge on any atom is 0.231 e. The van der Waals surface area contributed by atoms with E-state index in [9.17, 15) is 9.59 Å². The number of aromatic nitrogens is 2. The Balaban J connectivity index is 1.02. The molecule has 6 heteroatoms. The number of nitrogens with zero attached hydrogens (tertiary/aromatic N) is 2. The molecule has 0 atom stereocenters. The second kappa shape index (κ2) is 6.77. The smallest absolute Gasteiger partial charge is 0.231 e. The minimum atomic E-state index is -0.193. The van der Waals surface area contributed by atoms with Gasteiger partial charge < -0.3 is 10.6 Å². The molecular weight excluding hydrogens is 400 g/mol. The summed E-state index contributed by atoms with van der Waals surface area (Å²) in [5.74, 6) is 5.69. The van der Waals surface area contributed by atoms with Crippen LogP contribution in [0.15, 0.2) is 12.1 Å². The standard InChI is InChI=1S/C26H34N4O2/c31-23(25-9-15-3-16(10-25)5-17(4-15)11-25)27-21-1-2-22(30-29-21)28-24(32)26-12-18-6-19(13-26)8-20(7-18)14-26/h1-2,15-20H,3-14H2,(H,27,29,31)(H,28,30,32). The summed E-state index contributed by atoms with van der Waals surface area (Å²) in [4.78, 5) is 26.5. The number of hydrogen-bond donors (Lipinski definition) is 2. The van der Waals surface area contributed by atoms with Crippen molar-refractivity contribution in [3.63, 3.8) is 0 Å². The van der Waals surface area contributed by atoms with Gasteiger partial charge in [0.1, 0.15) is 0 Å². The maximum atomic E-state index is 13.2. The Morgan fingerprint density at radius 1 is 0.594 bits per heavy atom. The molecule has 8 saturated carbocycles. The zero-order valence-corrected chi connectivity index (χ0v) is 18.8. The fourth-order valence-electron chi connectivity index (χ4n) is 9.74. The van der Waals surface area contributed by atoms with Crippen LogP contribution in [0.4, 0.5) is 11.6 Å². The molecule has 6 nitrogen and oxygen atoms in total. The number of hydrogen-bond acceptors (Lipinski definition) is 4. The van der Waals surface area contributed by atoms with E-state index in [1.54, 1.807) is 12.1 Å². The first kappa shape index (κ1) is 19.5. The summed E-state index contributed by atoms with van der Waals surface area (Å²) in [6, 6.07) is 3.58. The van der Waals surface area contributed by atoms with Crippen LogP contribution in [0.2, 0.25) is 0 Å². The first-order valence-electron chi connectivity index (χ1n) is 12.9. The monoisotopic (exact) mass is 434 g/mol. The van der Waals surface area contributed by atoms with Crippen LogP contribution in [0.1, 0.15) is 77.0 Å². The quantitative estimate of drug-likeness (QED) is 0.714. The van der Waals surface area contributed by atoms with Gasteiger partial charge in [-0.2, -0.15) is 0 Å². The number of amides is 2. The Hall–Kier alpha value is -1.98. The minimum Gasteiger partial charge on any atom is -0.309 e. The third kappa shape index (κ3) is 3.04. The van der Waals surface area contributed by atoms with Crippen LogP contribution in [0, 0.1) is 46.3 Å². The molecule has 1 heterocycles. The second-order valence-corrected chi connectivity index (χ2v) is 12.6. The van der Waals surface area contributed by atoms with Crippen LogP contribution in [0.3, 0.4) is 0 Å². The summed E-state index contributed by atoms with van der Waals surface area (Å²) in [5, 5.41) is 14.6. The predicted octanol–water partition coefficient (Wildman–Crippen LogP) is 4.79. The van der Waals surface area contributed by atoms with Crippen molar-refractivity contribution in [2.24, 2.45) is 46.3 Å². The summed E-state index contributed by atoms with van der Waals surface area (Å²) >= 11 is 0. The van der Waals surface area contributed by atoms with Gasteiger partial charge in [0.05, 0.1) is 10.8 Å². The molecule has 0 saturated heterocycles. The lowest BCUT2D eigenvalue weighted by atomic mass is 9.49. The maximum absolute atomic E-state index is 13.2. The van der Waals surface area contributed by atoms with Crippen LogP contribution in [-0.4, -0.2) is 22.0 Å². The summed E-state index contributed by atoms with van der Waals surface area (Å²) in [5.41, 5.74) is -0.385. The summed E-state index contributed by atoms with van der Waals surface area (Å²) in [6.07, 6.45) is 14.2. The molecule has 2 N–H and O–H groups in total. The van der Waals surface area contributed by atoms with Crippen molar-refractivity contribution in [2.45, 2.75) is 77.0 Å². The Labute approximate surface area is 189 Å². The highest BCUT2D eigenvalue weighted by Gasteiger charge is 2.55. The molecule has 0 aromatic carbocycles. The van der Waals surface area contributed by atoms with Crippen LogP contribution < -0.4 is 10.6 Å². The number of anilines is 2. The Morgan fingerprint density at radius 3 is 1.12 bits per heavy atom. The van der Waals surface area contributed by atoms with Gasteiger partial charge in [0.25, 0.3) is 0 Å². The number of carbonyl (C=O) groups excluding carboxylic acids is 2. The predicted molar refractivity (Wildman–Crippen MR) is 121 cm³/mol. The molecule has 8 aliphatic rings. The number of rotatable bonds is 4. The van der Waals surface area contributed by atoms with E-state index in [0.29, 0.717) is 11.6 Å². The molecule has 0 unspecified atom stereocenters. The number of carbonyl (C=O) groups is 2. The van der Waals surface area contributed by atoms with Crippen molar-refractivity contribution in [1.29, 1.82) is 0 Å². The molecule has 0 spiro atoms. The lowest BCUT2D eigenvalue weighted by Crippen LogP contribution is -2.52. The molecule has 9 rings (SSSR count). The van der Waals surface area contributed by atoms with Crippen molar-refractivity contribution in [1.82, 2.24) is 10.2 Å². The normalized spacial score (nSPS) is 45.1. The minimum absolute atomic E-state index is 0.135. The highest BCUT2D eigenvalue weighted by atomic mass is 16.2. The fraction of sp³-hybridized carbons (Fsp3) is 0.769. The van der Waals surface area contributed by atoms with E-state index in [1.165, 1.54) is 38.5 Å². The topological polar surface area (TPSA) is 84.0 Å². The molecule has 2 amide bonds. The molecule has 32 heavy (non-hydrogen) atoms. The van der Waals surface area contributed by atoms with Gasteiger partial charge in [-0.3, -0.25) is 9.59 Å². The van der Waals surface area contributed by atoms with E-state index in [4.69, 9.17) is 0 Å². The molecule has 0 radical (unpaired) electrons. The van der Waals surface area contributed by atoms with E-state index in [-0.39, 0.29) is 22.6 Å². The summed E-state index contributed by atoms with van der Waals surface area (Å²) < 4.78 is 0. The van der Waals surface area contributed by atoms with Gasteiger partial charge in [-0.25, -0.2) is 0 Å². The Kier molecular flexibility index (Phi) is 4.12. The lowest BCUT2D eigenvalue weighted by molar-refractivity contribution is -0.141. The number of nitrogens with one attached hydrogen (secondary N) is 2. The van der Waals surface area contributed by atoms with Crippen molar-refractivity contribution in [3.8, 4) is 0 Å². The van der Waals surface area contributed by atoms with Gasteiger partial charge >= 0.3 is 0 Å². The van der Waals surface area contributed by atoms with Crippen molar-refractivity contribution in [3.05, 3.63) is 12.1 Å².